The SMILES string of the molecule is CS(=O)(=O)[C@H]1CCC[C@H]1NCCC(=O)NC1CCCC1. The molecule has 0 saturated heterocycles. The lowest BCUT2D eigenvalue weighted by molar-refractivity contribution is -0.121. The molecule has 0 radical (unpaired) electrons. The molecule has 6 heteroatoms. The zero-order chi connectivity index (χ0) is 14.6. The van der Waals surface area contributed by atoms with Crippen LogP contribution in [-0.4, -0.2) is 44.5 Å². The van der Waals surface area contributed by atoms with Crippen molar-refractivity contribution in [3.8, 4) is 0 Å². The normalized spacial score (nSPS) is 27.9. The third-order valence-electron chi connectivity index (χ3n) is 4.48. The predicted molar refractivity (Wildman–Crippen MR) is 79.3 cm³/mol. The van der Waals surface area contributed by atoms with Gasteiger partial charge in [-0.1, -0.05) is 19.3 Å². The minimum absolute atomic E-state index is 0.0179. The van der Waals surface area contributed by atoms with E-state index in [-0.39, 0.29) is 17.2 Å². The summed E-state index contributed by atoms with van der Waals surface area (Å²) >= 11 is 0. The van der Waals surface area contributed by atoms with Crippen LogP contribution in [0.3, 0.4) is 0 Å². The van der Waals surface area contributed by atoms with E-state index in [0.29, 0.717) is 19.0 Å². The van der Waals surface area contributed by atoms with Gasteiger partial charge in [-0.25, -0.2) is 8.42 Å². The van der Waals surface area contributed by atoms with Gasteiger partial charge in [0.1, 0.15) is 0 Å². The number of hydrogen-bond acceptors (Lipinski definition) is 4. The molecule has 1 amide bonds. The fraction of sp³-hybridized carbons (Fsp3) is 0.929. The van der Waals surface area contributed by atoms with Gasteiger partial charge in [0.25, 0.3) is 0 Å². The van der Waals surface area contributed by atoms with E-state index in [9.17, 15) is 13.2 Å². The fourth-order valence-electron chi connectivity index (χ4n) is 3.41. The van der Waals surface area contributed by atoms with Gasteiger partial charge in [-0.15, -0.1) is 0 Å². The summed E-state index contributed by atoms with van der Waals surface area (Å²) in [5.74, 6) is 0.0818. The van der Waals surface area contributed by atoms with Crippen LogP contribution in [0, 0.1) is 0 Å². The molecule has 0 aromatic heterocycles. The minimum atomic E-state index is -2.98. The molecule has 0 spiro atoms. The summed E-state index contributed by atoms with van der Waals surface area (Å²) < 4.78 is 23.3. The topological polar surface area (TPSA) is 75.3 Å². The number of nitrogens with one attached hydrogen (secondary N) is 2. The molecule has 2 N–H and O–H groups in total. The quantitative estimate of drug-likeness (QED) is 0.767. The van der Waals surface area contributed by atoms with Crippen LogP contribution in [0.25, 0.3) is 0 Å². The summed E-state index contributed by atoms with van der Waals surface area (Å²) in [4.78, 5) is 11.8. The van der Waals surface area contributed by atoms with Gasteiger partial charge in [0.15, 0.2) is 9.84 Å². The summed E-state index contributed by atoms with van der Waals surface area (Å²) in [6.07, 6.45) is 8.93. The lowest BCUT2D eigenvalue weighted by Crippen LogP contribution is -2.42. The molecule has 0 bridgehead atoms. The highest BCUT2D eigenvalue weighted by Crippen LogP contribution is 2.25. The Morgan fingerprint density at radius 3 is 2.45 bits per heavy atom. The lowest BCUT2D eigenvalue weighted by Gasteiger charge is -2.19. The second kappa shape index (κ2) is 6.89. The van der Waals surface area contributed by atoms with E-state index in [1.807, 2.05) is 0 Å². The lowest BCUT2D eigenvalue weighted by atomic mass is 10.2. The zero-order valence-electron chi connectivity index (χ0n) is 12.2. The van der Waals surface area contributed by atoms with E-state index in [1.165, 1.54) is 19.1 Å². The van der Waals surface area contributed by atoms with E-state index < -0.39 is 9.84 Å². The van der Waals surface area contributed by atoms with Crippen molar-refractivity contribution in [1.29, 1.82) is 0 Å². The Labute approximate surface area is 121 Å². The summed E-state index contributed by atoms with van der Waals surface area (Å²) in [6.45, 7) is 0.565. The van der Waals surface area contributed by atoms with Crippen LogP contribution >= 0.6 is 0 Å². The van der Waals surface area contributed by atoms with Gasteiger partial charge in [0.2, 0.25) is 5.91 Å². The van der Waals surface area contributed by atoms with Crippen LogP contribution in [-0.2, 0) is 14.6 Å². The molecule has 0 heterocycles. The molecule has 5 nitrogen and oxygen atoms in total. The monoisotopic (exact) mass is 302 g/mol. The summed E-state index contributed by atoms with van der Waals surface area (Å²) in [6, 6.07) is 0.377. The Hall–Kier alpha value is -0.620. The Morgan fingerprint density at radius 2 is 1.80 bits per heavy atom. The van der Waals surface area contributed by atoms with Crippen molar-refractivity contribution in [2.75, 3.05) is 12.8 Å². The zero-order valence-corrected chi connectivity index (χ0v) is 13.0. The van der Waals surface area contributed by atoms with Gasteiger partial charge in [-0.2, -0.15) is 0 Å². The Kier molecular flexibility index (Phi) is 5.43. The highest BCUT2D eigenvalue weighted by atomic mass is 32.2. The maximum absolute atomic E-state index is 11.8. The molecule has 2 aliphatic rings. The van der Waals surface area contributed by atoms with Gasteiger partial charge < -0.3 is 10.6 Å². The molecule has 2 rings (SSSR count). The van der Waals surface area contributed by atoms with E-state index in [0.717, 1.165) is 32.1 Å². The molecule has 20 heavy (non-hydrogen) atoms. The first-order valence-corrected chi connectivity index (χ1v) is 9.64. The number of carbonyl (C=O) groups is 1. The highest BCUT2D eigenvalue weighted by Gasteiger charge is 2.34. The van der Waals surface area contributed by atoms with E-state index >= 15 is 0 Å². The van der Waals surface area contributed by atoms with Gasteiger partial charge in [0, 0.05) is 31.3 Å². The number of sulfone groups is 1. The van der Waals surface area contributed by atoms with Crippen molar-refractivity contribution in [2.45, 2.75) is 68.7 Å². The van der Waals surface area contributed by atoms with Crippen molar-refractivity contribution in [1.82, 2.24) is 10.6 Å². The number of rotatable bonds is 6. The molecule has 0 aliphatic heterocycles. The van der Waals surface area contributed by atoms with Crippen molar-refractivity contribution in [3.63, 3.8) is 0 Å². The number of hydrogen-bond donors (Lipinski definition) is 2. The largest absolute Gasteiger partial charge is 0.353 e. The highest BCUT2D eigenvalue weighted by molar-refractivity contribution is 7.91. The average Bonchev–Trinajstić information content (AvgIpc) is 2.98. The maximum atomic E-state index is 11.8. The van der Waals surface area contributed by atoms with Crippen molar-refractivity contribution < 1.29 is 13.2 Å². The molecule has 2 atom stereocenters. The average molecular weight is 302 g/mol. The van der Waals surface area contributed by atoms with Crippen LogP contribution in [0.5, 0.6) is 0 Å². The smallest absolute Gasteiger partial charge is 0.221 e. The fourth-order valence-corrected chi connectivity index (χ4v) is 4.84. The minimum Gasteiger partial charge on any atom is -0.353 e. The molecule has 0 aromatic carbocycles. The van der Waals surface area contributed by atoms with Crippen LogP contribution < -0.4 is 10.6 Å². The first-order chi connectivity index (χ1) is 9.47. The van der Waals surface area contributed by atoms with Crippen LogP contribution in [0.15, 0.2) is 0 Å². The molecule has 116 valence electrons. The molecule has 0 aromatic rings. The molecular formula is C14H26N2O3S. The third kappa shape index (κ3) is 4.45. The van der Waals surface area contributed by atoms with E-state index in [1.54, 1.807) is 0 Å². The predicted octanol–water partition coefficient (Wildman–Crippen LogP) is 0.991. The van der Waals surface area contributed by atoms with Crippen LogP contribution in [0.1, 0.15) is 51.4 Å². The molecular weight excluding hydrogens is 276 g/mol. The van der Waals surface area contributed by atoms with Crippen molar-refractivity contribution >= 4 is 15.7 Å². The summed E-state index contributed by atoms with van der Waals surface area (Å²) in [5, 5.41) is 6.03. The Bertz CT molecular complexity index is 430. The summed E-state index contributed by atoms with van der Waals surface area (Å²) in [7, 11) is -2.98. The van der Waals surface area contributed by atoms with Gasteiger partial charge in [-0.05, 0) is 25.7 Å². The number of carbonyl (C=O) groups excluding carboxylic acids is 1. The maximum Gasteiger partial charge on any atom is 0.221 e. The summed E-state index contributed by atoms with van der Waals surface area (Å²) in [5.41, 5.74) is 0. The second-order valence-electron chi connectivity index (χ2n) is 6.16. The number of amides is 1. The van der Waals surface area contributed by atoms with Gasteiger partial charge in [-0.3, -0.25) is 4.79 Å². The molecule has 0 unspecified atom stereocenters. The second-order valence-corrected chi connectivity index (χ2v) is 8.42. The standard InChI is InChI=1S/C14H26N2O3S/c1-20(18,19)13-8-4-7-12(13)15-10-9-14(17)16-11-5-2-3-6-11/h11-13,15H,2-10H2,1H3,(H,16,17)/t12-,13+/m1/s1. The Balaban J connectivity index is 1.68. The first kappa shape index (κ1) is 15.8. The molecule has 2 fully saturated rings. The van der Waals surface area contributed by atoms with Crippen LogP contribution in [0.2, 0.25) is 0 Å². The van der Waals surface area contributed by atoms with E-state index in [2.05, 4.69) is 10.6 Å². The third-order valence-corrected chi connectivity index (χ3v) is 6.15. The molecule has 2 saturated carbocycles. The van der Waals surface area contributed by atoms with Crippen molar-refractivity contribution in [2.24, 2.45) is 0 Å². The van der Waals surface area contributed by atoms with Crippen molar-refractivity contribution in [3.05, 3.63) is 0 Å². The molecule has 2 aliphatic carbocycles. The Morgan fingerprint density at radius 1 is 1.10 bits per heavy atom. The first-order valence-electron chi connectivity index (χ1n) is 7.68. The van der Waals surface area contributed by atoms with Gasteiger partial charge >= 0.3 is 0 Å². The van der Waals surface area contributed by atoms with E-state index in [4.69, 9.17) is 0 Å². The van der Waals surface area contributed by atoms with Gasteiger partial charge in [0.05, 0.1) is 5.25 Å². The van der Waals surface area contributed by atoms with Crippen LogP contribution in [0.4, 0.5) is 0 Å².